The van der Waals surface area contributed by atoms with Gasteiger partial charge < -0.3 is 4.74 Å². The molecule has 24 heavy (non-hydrogen) atoms. The summed E-state index contributed by atoms with van der Waals surface area (Å²) in [5.74, 6) is -1.39. The Balaban J connectivity index is 2.06. The third-order valence-corrected chi connectivity index (χ3v) is 3.26. The zero-order valence-corrected chi connectivity index (χ0v) is 12.7. The first-order valence-corrected chi connectivity index (χ1v) is 6.96. The normalized spacial score (nSPS) is 12.3. The van der Waals surface area contributed by atoms with Crippen molar-refractivity contribution in [1.29, 1.82) is 5.26 Å². The Morgan fingerprint density at radius 3 is 2.42 bits per heavy atom. The Morgan fingerprint density at radius 2 is 1.92 bits per heavy atom. The lowest BCUT2D eigenvalue weighted by Crippen LogP contribution is -2.20. The van der Waals surface area contributed by atoms with E-state index in [1.165, 1.54) is 0 Å². The number of rotatable bonds is 5. The minimum absolute atomic E-state index is 0.0389. The van der Waals surface area contributed by atoms with Crippen LogP contribution in [-0.2, 0) is 11.0 Å². The molecule has 0 spiro atoms. The number of pyridine rings is 1. The van der Waals surface area contributed by atoms with Crippen LogP contribution in [0.3, 0.4) is 0 Å². The molecular weight excluding hydrogens is 321 g/mol. The van der Waals surface area contributed by atoms with E-state index in [1.807, 2.05) is 6.92 Å². The van der Waals surface area contributed by atoms with Crippen molar-refractivity contribution in [3.63, 3.8) is 0 Å². The predicted molar refractivity (Wildman–Crippen MR) is 79.3 cm³/mol. The van der Waals surface area contributed by atoms with Crippen LogP contribution in [0.1, 0.15) is 22.7 Å². The number of aromatic nitrogens is 1. The van der Waals surface area contributed by atoms with Crippen LogP contribution in [-0.4, -0.2) is 17.4 Å². The molecule has 0 N–H and O–H groups in total. The van der Waals surface area contributed by atoms with Crippen LogP contribution >= 0.6 is 0 Å². The third kappa shape index (κ3) is 4.32. The van der Waals surface area contributed by atoms with Gasteiger partial charge in [0.15, 0.2) is 11.7 Å². The van der Waals surface area contributed by atoms with Gasteiger partial charge in [-0.15, -0.1) is 0 Å². The molecule has 7 heteroatoms. The number of Topliss-reactive ketones (excluding diaryl/α,β-unsaturated/α-hetero) is 1. The molecule has 0 saturated carbocycles. The largest absolute Gasteiger partial charge is 0.486 e. The van der Waals surface area contributed by atoms with Crippen molar-refractivity contribution < 1.29 is 22.7 Å². The molecule has 0 fully saturated rings. The van der Waals surface area contributed by atoms with E-state index in [1.54, 1.807) is 30.3 Å². The molecule has 1 aromatic heterocycles. The number of hydrogen-bond acceptors (Lipinski definition) is 4. The number of carbonyl (C=O) groups is 1. The number of aryl methyl sites for hydroxylation is 1. The lowest BCUT2D eigenvalue weighted by molar-refractivity contribution is -0.137. The smallest absolute Gasteiger partial charge is 0.417 e. The Morgan fingerprint density at radius 1 is 1.25 bits per heavy atom. The highest BCUT2D eigenvalue weighted by atomic mass is 19.4. The van der Waals surface area contributed by atoms with Crippen LogP contribution in [0.25, 0.3) is 0 Å². The molecule has 0 radical (unpaired) electrons. The number of carbonyl (C=O) groups excluding carboxylic acids is 1. The van der Waals surface area contributed by atoms with Gasteiger partial charge in [-0.1, -0.05) is 17.7 Å². The van der Waals surface area contributed by atoms with E-state index in [2.05, 4.69) is 4.98 Å². The van der Waals surface area contributed by atoms with E-state index in [4.69, 9.17) is 10.00 Å². The van der Waals surface area contributed by atoms with Crippen LogP contribution in [0, 0.1) is 18.3 Å². The summed E-state index contributed by atoms with van der Waals surface area (Å²) in [6.45, 7) is 1.53. The van der Waals surface area contributed by atoms with Crippen LogP contribution in [0.2, 0.25) is 0 Å². The van der Waals surface area contributed by atoms with Crippen molar-refractivity contribution in [3.8, 4) is 11.8 Å². The summed E-state index contributed by atoms with van der Waals surface area (Å²) < 4.78 is 42.8. The zero-order chi connectivity index (χ0) is 17.7. The number of hydrogen-bond donors (Lipinski definition) is 0. The van der Waals surface area contributed by atoms with E-state index in [-0.39, 0.29) is 12.3 Å². The van der Waals surface area contributed by atoms with E-state index < -0.39 is 23.4 Å². The Bertz CT molecular complexity index is 747. The molecule has 1 heterocycles. The number of ether oxygens (including phenoxy) is 1. The Hall–Kier alpha value is -2.88. The maximum absolute atomic E-state index is 12.5. The van der Waals surface area contributed by atoms with Crippen molar-refractivity contribution in [2.45, 2.75) is 19.0 Å². The summed E-state index contributed by atoms with van der Waals surface area (Å²) in [5, 5.41) is 9.12. The molecule has 1 atom stereocenters. The molecule has 0 aliphatic rings. The maximum atomic E-state index is 12.5. The molecule has 0 unspecified atom stereocenters. The molecule has 2 aromatic rings. The van der Waals surface area contributed by atoms with E-state index >= 15 is 0 Å². The second kappa shape index (κ2) is 7.13. The predicted octanol–water partition coefficient (Wildman–Crippen LogP) is 3.66. The molecular formula is C17H13F3N2O2. The van der Waals surface area contributed by atoms with Gasteiger partial charge in [0.1, 0.15) is 12.4 Å². The van der Waals surface area contributed by atoms with Gasteiger partial charge in [0.25, 0.3) is 0 Å². The summed E-state index contributed by atoms with van der Waals surface area (Å²) in [6, 6.07) is 10.5. The summed E-state index contributed by atoms with van der Waals surface area (Å²) in [6.07, 6.45) is -3.92. The first kappa shape index (κ1) is 17.5. The molecule has 0 bridgehead atoms. The number of benzene rings is 1. The lowest BCUT2D eigenvalue weighted by Gasteiger charge is -2.11. The van der Waals surface area contributed by atoms with Gasteiger partial charge in [0.05, 0.1) is 17.3 Å². The highest BCUT2D eigenvalue weighted by Crippen LogP contribution is 2.29. The van der Waals surface area contributed by atoms with Gasteiger partial charge in [-0.3, -0.25) is 9.78 Å². The van der Waals surface area contributed by atoms with Gasteiger partial charge in [-0.25, -0.2) is 0 Å². The fraction of sp³-hybridized carbons (Fsp3) is 0.235. The average molecular weight is 334 g/mol. The van der Waals surface area contributed by atoms with Crippen molar-refractivity contribution in [3.05, 3.63) is 59.4 Å². The lowest BCUT2D eigenvalue weighted by atomic mass is 10.0. The first-order valence-electron chi connectivity index (χ1n) is 6.96. The molecule has 1 aromatic carbocycles. The van der Waals surface area contributed by atoms with Crippen molar-refractivity contribution in [2.75, 3.05) is 6.61 Å². The highest BCUT2D eigenvalue weighted by molar-refractivity contribution is 5.89. The van der Waals surface area contributed by atoms with Crippen LogP contribution in [0.15, 0.2) is 42.6 Å². The number of halogens is 3. The summed E-state index contributed by atoms with van der Waals surface area (Å²) in [4.78, 5) is 15.7. The highest BCUT2D eigenvalue weighted by Gasteiger charge is 2.31. The van der Waals surface area contributed by atoms with Crippen molar-refractivity contribution in [2.24, 2.45) is 0 Å². The topological polar surface area (TPSA) is 63.0 Å². The van der Waals surface area contributed by atoms with Gasteiger partial charge in [0.2, 0.25) is 0 Å². The Kier molecular flexibility index (Phi) is 5.19. The third-order valence-electron chi connectivity index (χ3n) is 3.26. The zero-order valence-electron chi connectivity index (χ0n) is 12.7. The monoisotopic (exact) mass is 334 g/mol. The van der Waals surface area contributed by atoms with Crippen LogP contribution in [0.4, 0.5) is 13.2 Å². The second-order valence-electron chi connectivity index (χ2n) is 5.10. The van der Waals surface area contributed by atoms with E-state index in [9.17, 15) is 18.0 Å². The van der Waals surface area contributed by atoms with Crippen LogP contribution in [0.5, 0.6) is 5.75 Å². The molecule has 124 valence electrons. The number of nitriles is 1. The van der Waals surface area contributed by atoms with E-state index in [0.29, 0.717) is 11.9 Å². The molecule has 0 aliphatic carbocycles. The summed E-state index contributed by atoms with van der Waals surface area (Å²) in [7, 11) is 0. The molecule has 0 saturated heterocycles. The fourth-order valence-electron chi connectivity index (χ4n) is 1.92. The average Bonchev–Trinajstić information content (AvgIpc) is 2.55. The minimum Gasteiger partial charge on any atom is -0.486 e. The number of nitrogens with zero attached hydrogens (tertiary/aromatic N) is 2. The van der Waals surface area contributed by atoms with Gasteiger partial charge in [-0.2, -0.15) is 18.4 Å². The molecule has 0 aliphatic heterocycles. The van der Waals surface area contributed by atoms with Crippen LogP contribution < -0.4 is 4.74 Å². The van der Waals surface area contributed by atoms with Gasteiger partial charge in [0, 0.05) is 6.20 Å². The second-order valence-corrected chi connectivity index (χ2v) is 5.10. The molecule has 4 nitrogen and oxygen atoms in total. The standard InChI is InChI=1S/C17H13F3N2O2/c1-11-2-5-13(6-3-11)24-10-16(23)14(8-21)15-7-4-12(9-22-15)17(18,19)20/h2-7,9,14H,10H2,1H3/t14-/m0/s1. The minimum atomic E-state index is -4.52. The van der Waals surface area contributed by atoms with Gasteiger partial charge >= 0.3 is 6.18 Å². The Labute approximate surface area is 136 Å². The number of alkyl halides is 3. The molecule has 2 rings (SSSR count). The maximum Gasteiger partial charge on any atom is 0.417 e. The van der Waals surface area contributed by atoms with Crippen molar-refractivity contribution >= 4 is 5.78 Å². The summed E-state index contributed by atoms with van der Waals surface area (Å²) in [5.41, 5.74) is 0.0480. The van der Waals surface area contributed by atoms with E-state index in [0.717, 1.165) is 17.7 Å². The SMILES string of the molecule is Cc1ccc(OCC(=O)[C@@H](C#N)c2ccc(C(F)(F)F)cn2)cc1. The molecule has 0 amide bonds. The first-order chi connectivity index (χ1) is 11.3. The quantitative estimate of drug-likeness (QED) is 0.837. The fourth-order valence-corrected chi connectivity index (χ4v) is 1.92. The number of ketones is 1. The van der Waals surface area contributed by atoms with Crippen molar-refractivity contribution in [1.82, 2.24) is 4.98 Å². The summed E-state index contributed by atoms with van der Waals surface area (Å²) >= 11 is 0. The van der Waals surface area contributed by atoms with Gasteiger partial charge in [-0.05, 0) is 31.2 Å².